The predicted molar refractivity (Wildman–Crippen MR) is 120 cm³/mol. The molecular formula is C24H31N3O2S. The number of piperidine rings is 1. The molecule has 160 valence electrons. The van der Waals surface area contributed by atoms with Crippen molar-refractivity contribution in [3.63, 3.8) is 0 Å². The Balaban J connectivity index is 1.40. The van der Waals surface area contributed by atoms with Crippen LogP contribution in [0.1, 0.15) is 82.3 Å². The third-order valence-electron chi connectivity index (χ3n) is 6.49. The highest BCUT2D eigenvalue weighted by Gasteiger charge is 2.28. The molecule has 0 spiro atoms. The van der Waals surface area contributed by atoms with Gasteiger partial charge < -0.3 is 10.2 Å². The summed E-state index contributed by atoms with van der Waals surface area (Å²) >= 11 is 1.49. The topological polar surface area (TPSA) is 62.3 Å². The van der Waals surface area contributed by atoms with E-state index in [1.165, 1.54) is 43.4 Å². The van der Waals surface area contributed by atoms with Crippen molar-refractivity contribution in [2.24, 2.45) is 5.92 Å². The van der Waals surface area contributed by atoms with Crippen molar-refractivity contribution in [2.45, 2.75) is 57.8 Å². The Labute approximate surface area is 182 Å². The van der Waals surface area contributed by atoms with Crippen LogP contribution in [0.3, 0.4) is 0 Å². The van der Waals surface area contributed by atoms with Gasteiger partial charge in [-0.1, -0.05) is 25.3 Å². The van der Waals surface area contributed by atoms with Crippen LogP contribution in [0.2, 0.25) is 0 Å². The van der Waals surface area contributed by atoms with Crippen LogP contribution in [0.15, 0.2) is 29.6 Å². The van der Waals surface area contributed by atoms with Crippen molar-refractivity contribution in [3.05, 3.63) is 51.5 Å². The first-order valence-electron chi connectivity index (χ1n) is 11.2. The van der Waals surface area contributed by atoms with Crippen molar-refractivity contribution in [3.8, 4) is 0 Å². The van der Waals surface area contributed by atoms with Gasteiger partial charge in [-0.3, -0.25) is 14.6 Å². The van der Waals surface area contributed by atoms with Crippen LogP contribution in [0, 0.1) is 12.8 Å². The van der Waals surface area contributed by atoms with E-state index >= 15 is 0 Å². The summed E-state index contributed by atoms with van der Waals surface area (Å²) in [5.41, 5.74) is 2.55. The van der Waals surface area contributed by atoms with Crippen LogP contribution in [0.4, 0.5) is 0 Å². The number of aryl methyl sites for hydroxylation is 1. The van der Waals surface area contributed by atoms with Gasteiger partial charge in [-0.2, -0.15) is 0 Å². The first-order valence-corrected chi connectivity index (χ1v) is 12.1. The van der Waals surface area contributed by atoms with Crippen molar-refractivity contribution in [2.75, 3.05) is 19.6 Å². The summed E-state index contributed by atoms with van der Waals surface area (Å²) in [6, 6.07) is 7.65. The lowest BCUT2D eigenvalue weighted by Gasteiger charge is -2.32. The molecule has 1 aliphatic carbocycles. The minimum Gasteiger partial charge on any atom is -0.352 e. The monoisotopic (exact) mass is 425 g/mol. The highest BCUT2D eigenvalue weighted by molar-refractivity contribution is 7.12. The summed E-state index contributed by atoms with van der Waals surface area (Å²) in [6.45, 7) is 4.16. The van der Waals surface area contributed by atoms with Gasteiger partial charge in [-0.05, 0) is 62.1 Å². The fourth-order valence-electron chi connectivity index (χ4n) is 4.72. The van der Waals surface area contributed by atoms with Gasteiger partial charge in [0.15, 0.2) is 0 Å². The molecule has 4 rings (SSSR count). The maximum absolute atomic E-state index is 13.0. The molecule has 6 heteroatoms. The van der Waals surface area contributed by atoms with Crippen LogP contribution in [0.25, 0.3) is 0 Å². The number of carbonyl (C=O) groups excluding carboxylic acids is 2. The Hall–Kier alpha value is -2.21. The second kappa shape index (κ2) is 9.73. The Morgan fingerprint density at radius 3 is 2.57 bits per heavy atom. The largest absolute Gasteiger partial charge is 0.352 e. The van der Waals surface area contributed by atoms with E-state index in [0.29, 0.717) is 24.6 Å². The fourth-order valence-corrected chi connectivity index (χ4v) is 5.41. The third kappa shape index (κ3) is 4.91. The lowest BCUT2D eigenvalue weighted by molar-refractivity contribution is 0.0715. The van der Waals surface area contributed by atoms with E-state index < -0.39 is 0 Å². The Morgan fingerprint density at radius 2 is 1.87 bits per heavy atom. The quantitative estimate of drug-likeness (QED) is 0.750. The van der Waals surface area contributed by atoms with Gasteiger partial charge in [0, 0.05) is 31.2 Å². The molecule has 3 heterocycles. The summed E-state index contributed by atoms with van der Waals surface area (Å²) in [5, 5.41) is 5.11. The highest BCUT2D eigenvalue weighted by atomic mass is 32.1. The van der Waals surface area contributed by atoms with Gasteiger partial charge in [0.1, 0.15) is 0 Å². The van der Waals surface area contributed by atoms with Crippen LogP contribution >= 0.6 is 11.3 Å². The zero-order chi connectivity index (χ0) is 20.9. The van der Waals surface area contributed by atoms with Crippen molar-refractivity contribution in [1.82, 2.24) is 15.2 Å². The molecule has 1 aliphatic heterocycles. The van der Waals surface area contributed by atoms with Crippen molar-refractivity contribution >= 4 is 23.2 Å². The van der Waals surface area contributed by atoms with E-state index in [1.54, 1.807) is 0 Å². The molecule has 1 saturated heterocycles. The SMILES string of the molecule is Cc1ccc(C(=O)NCC2CCCCC2)c(C2CCN(C(=O)c3cccs3)CC2)n1. The summed E-state index contributed by atoms with van der Waals surface area (Å²) in [5.74, 6) is 0.940. The van der Waals surface area contributed by atoms with Crippen molar-refractivity contribution in [1.29, 1.82) is 0 Å². The molecule has 30 heavy (non-hydrogen) atoms. The fraction of sp³-hybridized carbons (Fsp3) is 0.542. The lowest BCUT2D eigenvalue weighted by atomic mass is 9.88. The van der Waals surface area contributed by atoms with Gasteiger partial charge in [-0.25, -0.2) is 0 Å². The molecule has 0 aromatic carbocycles. The number of aromatic nitrogens is 1. The zero-order valence-electron chi connectivity index (χ0n) is 17.7. The van der Waals surface area contributed by atoms with E-state index in [4.69, 9.17) is 4.98 Å². The van der Waals surface area contributed by atoms with E-state index in [9.17, 15) is 9.59 Å². The Bertz CT molecular complexity index is 867. The molecule has 2 aliphatic rings. The molecule has 0 radical (unpaired) electrons. The number of pyridine rings is 1. The summed E-state index contributed by atoms with van der Waals surface area (Å²) in [6.07, 6.45) is 8.00. The first-order chi connectivity index (χ1) is 14.6. The molecule has 0 unspecified atom stereocenters. The maximum atomic E-state index is 13.0. The lowest BCUT2D eigenvalue weighted by Crippen LogP contribution is -2.38. The summed E-state index contributed by atoms with van der Waals surface area (Å²) in [4.78, 5) is 33.1. The van der Waals surface area contributed by atoms with E-state index in [1.807, 2.05) is 41.5 Å². The molecule has 1 N–H and O–H groups in total. The molecule has 2 fully saturated rings. The Kier molecular flexibility index (Phi) is 6.82. The number of thiophene rings is 1. The number of rotatable bonds is 5. The third-order valence-corrected chi connectivity index (χ3v) is 7.34. The minimum atomic E-state index is 0.000153. The number of carbonyl (C=O) groups is 2. The number of hydrogen-bond acceptors (Lipinski definition) is 4. The van der Waals surface area contributed by atoms with Crippen LogP contribution < -0.4 is 5.32 Å². The Morgan fingerprint density at radius 1 is 1.10 bits per heavy atom. The normalized spacial score (nSPS) is 18.4. The second-order valence-electron chi connectivity index (χ2n) is 8.64. The predicted octanol–water partition coefficient (Wildman–Crippen LogP) is 4.78. The number of likely N-dealkylation sites (tertiary alicyclic amines) is 1. The molecule has 5 nitrogen and oxygen atoms in total. The van der Waals surface area contributed by atoms with Crippen molar-refractivity contribution < 1.29 is 9.59 Å². The first kappa shape index (κ1) is 21.0. The van der Waals surface area contributed by atoms with Gasteiger partial charge in [0.05, 0.1) is 16.1 Å². The smallest absolute Gasteiger partial charge is 0.263 e. The summed E-state index contributed by atoms with van der Waals surface area (Å²) < 4.78 is 0. The van der Waals surface area contributed by atoms with Gasteiger partial charge in [0.2, 0.25) is 0 Å². The van der Waals surface area contributed by atoms with E-state index in [0.717, 1.165) is 35.7 Å². The maximum Gasteiger partial charge on any atom is 0.263 e. The van der Waals surface area contributed by atoms with Crippen LogP contribution in [-0.2, 0) is 0 Å². The van der Waals surface area contributed by atoms with Gasteiger partial charge in [-0.15, -0.1) is 11.3 Å². The minimum absolute atomic E-state index is 0.000153. The molecule has 2 aromatic heterocycles. The van der Waals surface area contributed by atoms with Gasteiger partial charge in [0.25, 0.3) is 11.8 Å². The number of amides is 2. The highest BCUT2D eigenvalue weighted by Crippen LogP contribution is 2.30. The number of nitrogens with zero attached hydrogens (tertiary/aromatic N) is 2. The standard InChI is InChI=1S/C24H31N3O2S/c1-17-9-10-20(23(28)25-16-18-6-3-2-4-7-18)22(26-17)19-11-13-27(14-12-19)24(29)21-8-5-15-30-21/h5,8-10,15,18-19H,2-4,6-7,11-14,16H2,1H3,(H,25,28). The zero-order valence-corrected chi connectivity index (χ0v) is 18.5. The molecule has 0 atom stereocenters. The molecule has 1 saturated carbocycles. The van der Waals surface area contributed by atoms with E-state index in [-0.39, 0.29) is 17.7 Å². The van der Waals surface area contributed by atoms with E-state index in [2.05, 4.69) is 5.32 Å². The second-order valence-corrected chi connectivity index (χ2v) is 9.59. The average Bonchev–Trinajstić information content (AvgIpc) is 3.33. The molecule has 2 aromatic rings. The molecule has 0 bridgehead atoms. The number of nitrogens with one attached hydrogen (secondary N) is 1. The average molecular weight is 426 g/mol. The van der Waals surface area contributed by atoms with Crippen LogP contribution in [-0.4, -0.2) is 41.3 Å². The molecule has 2 amide bonds. The summed E-state index contributed by atoms with van der Waals surface area (Å²) in [7, 11) is 0. The van der Waals surface area contributed by atoms with Crippen LogP contribution in [0.5, 0.6) is 0 Å². The van der Waals surface area contributed by atoms with Gasteiger partial charge >= 0.3 is 0 Å². The number of hydrogen-bond donors (Lipinski definition) is 1. The molecular weight excluding hydrogens is 394 g/mol.